The Hall–Kier alpha value is -3.60. The number of nitrogens with zero attached hydrogens (tertiary/aromatic N) is 2. The van der Waals surface area contributed by atoms with Gasteiger partial charge >= 0.3 is 12.1 Å². The Labute approximate surface area is 200 Å². The molecule has 1 heterocycles. The van der Waals surface area contributed by atoms with Crippen molar-refractivity contribution in [3.63, 3.8) is 0 Å². The summed E-state index contributed by atoms with van der Waals surface area (Å²) in [5.41, 5.74) is -0.334. The average Bonchev–Trinajstić information content (AvgIpc) is 2.79. The lowest BCUT2D eigenvalue weighted by Crippen LogP contribution is -2.48. The minimum absolute atomic E-state index is 0.0263. The Morgan fingerprint density at radius 2 is 1.63 bits per heavy atom. The highest BCUT2D eigenvalue weighted by molar-refractivity contribution is 6.01. The SMILES string of the molecule is CC(C)C(=O)Nc1ccc(N2CCN(CC(=O)Nc3ccccc3C(F)(F)F)CC2)cc1C(=O)O. The number of benzene rings is 2. The van der Waals surface area contributed by atoms with E-state index in [1.165, 1.54) is 24.3 Å². The number of carboxylic acid groups (broad SMARTS) is 1. The van der Waals surface area contributed by atoms with Crippen LogP contribution in [0.3, 0.4) is 0 Å². The topological polar surface area (TPSA) is 102 Å². The number of rotatable bonds is 7. The Bertz CT molecular complexity index is 1100. The van der Waals surface area contributed by atoms with E-state index in [0.717, 1.165) is 6.07 Å². The molecule has 2 amide bonds. The van der Waals surface area contributed by atoms with E-state index < -0.39 is 23.6 Å². The van der Waals surface area contributed by atoms with Gasteiger partial charge in [-0.25, -0.2) is 4.79 Å². The molecule has 2 aromatic rings. The molecule has 1 saturated heterocycles. The van der Waals surface area contributed by atoms with Crippen molar-refractivity contribution < 1.29 is 32.7 Å². The fraction of sp³-hybridized carbons (Fsp3) is 0.375. The molecule has 2 aromatic carbocycles. The lowest BCUT2D eigenvalue weighted by molar-refractivity contribution is -0.137. The van der Waals surface area contributed by atoms with Crippen molar-refractivity contribution >= 4 is 34.8 Å². The van der Waals surface area contributed by atoms with E-state index in [1.807, 2.05) is 9.80 Å². The molecule has 1 aliphatic rings. The number of carbonyl (C=O) groups excluding carboxylic acids is 2. The van der Waals surface area contributed by atoms with Gasteiger partial charge in [-0.2, -0.15) is 13.2 Å². The number of halogens is 3. The third-order valence-corrected chi connectivity index (χ3v) is 5.63. The minimum Gasteiger partial charge on any atom is -0.478 e. The zero-order valence-electron chi connectivity index (χ0n) is 19.4. The van der Waals surface area contributed by atoms with Crippen LogP contribution in [0.25, 0.3) is 0 Å². The fourth-order valence-electron chi connectivity index (χ4n) is 3.69. The van der Waals surface area contributed by atoms with E-state index in [4.69, 9.17) is 0 Å². The van der Waals surface area contributed by atoms with Crippen LogP contribution in [0.15, 0.2) is 42.5 Å². The predicted octanol–water partition coefficient (Wildman–Crippen LogP) is 3.76. The molecule has 0 aromatic heterocycles. The number of amides is 2. The second-order valence-corrected chi connectivity index (χ2v) is 8.53. The van der Waals surface area contributed by atoms with Gasteiger partial charge in [0, 0.05) is 37.8 Å². The van der Waals surface area contributed by atoms with Gasteiger partial charge in [0.25, 0.3) is 0 Å². The lowest BCUT2D eigenvalue weighted by atomic mass is 10.1. The van der Waals surface area contributed by atoms with Crippen LogP contribution < -0.4 is 15.5 Å². The highest BCUT2D eigenvalue weighted by atomic mass is 19.4. The van der Waals surface area contributed by atoms with Gasteiger partial charge in [0.15, 0.2) is 0 Å². The van der Waals surface area contributed by atoms with Crippen LogP contribution in [0, 0.1) is 5.92 Å². The molecule has 0 unspecified atom stereocenters. The summed E-state index contributed by atoms with van der Waals surface area (Å²) >= 11 is 0. The van der Waals surface area contributed by atoms with Crippen molar-refractivity contribution in [3.8, 4) is 0 Å². The highest BCUT2D eigenvalue weighted by Gasteiger charge is 2.33. The van der Waals surface area contributed by atoms with Crippen LogP contribution in [-0.2, 0) is 15.8 Å². The van der Waals surface area contributed by atoms with Crippen molar-refractivity contribution in [1.29, 1.82) is 0 Å². The van der Waals surface area contributed by atoms with Crippen LogP contribution in [0.5, 0.6) is 0 Å². The zero-order chi connectivity index (χ0) is 25.8. The third kappa shape index (κ3) is 6.72. The molecule has 0 spiro atoms. The van der Waals surface area contributed by atoms with Gasteiger partial charge < -0.3 is 20.6 Å². The maximum absolute atomic E-state index is 13.1. The Morgan fingerprint density at radius 3 is 2.23 bits per heavy atom. The van der Waals surface area contributed by atoms with Crippen LogP contribution in [0.2, 0.25) is 0 Å². The van der Waals surface area contributed by atoms with Gasteiger partial charge in [0.1, 0.15) is 0 Å². The standard InChI is InChI=1S/C24H27F3N4O4/c1-15(2)22(33)29-19-8-7-16(13-17(19)23(34)35)31-11-9-30(10-12-31)14-21(32)28-20-6-4-3-5-18(20)24(25,26)27/h3-8,13,15H,9-12,14H2,1-2H3,(H,28,32)(H,29,33)(H,34,35). The molecule has 3 rings (SSSR count). The van der Waals surface area contributed by atoms with Crippen molar-refractivity contribution in [3.05, 3.63) is 53.6 Å². The molecule has 1 fully saturated rings. The maximum atomic E-state index is 13.1. The molecule has 3 N–H and O–H groups in total. The Balaban J connectivity index is 1.60. The summed E-state index contributed by atoms with van der Waals surface area (Å²) < 4.78 is 39.4. The molecule has 0 atom stereocenters. The second kappa shape index (κ2) is 10.8. The lowest BCUT2D eigenvalue weighted by Gasteiger charge is -2.36. The number of anilines is 3. The number of hydrogen-bond acceptors (Lipinski definition) is 5. The number of alkyl halides is 3. The second-order valence-electron chi connectivity index (χ2n) is 8.53. The van der Waals surface area contributed by atoms with E-state index in [9.17, 15) is 32.7 Å². The monoisotopic (exact) mass is 492 g/mol. The first-order valence-electron chi connectivity index (χ1n) is 11.1. The fourth-order valence-corrected chi connectivity index (χ4v) is 3.69. The van der Waals surface area contributed by atoms with Gasteiger partial charge in [-0.15, -0.1) is 0 Å². The van der Waals surface area contributed by atoms with Crippen molar-refractivity contribution in [2.45, 2.75) is 20.0 Å². The summed E-state index contributed by atoms with van der Waals surface area (Å²) in [7, 11) is 0. The molecular weight excluding hydrogens is 465 g/mol. The van der Waals surface area contributed by atoms with Crippen LogP contribution in [0.1, 0.15) is 29.8 Å². The third-order valence-electron chi connectivity index (χ3n) is 5.63. The van der Waals surface area contributed by atoms with E-state index in [-0.39, 0.29) is 35.3 Å². The molecule has 0 aliphatic carbocycles. The van der Waals surface area contributed by atoms with Crippen molar-refractivity contribution in [1.82, 2.24) is 4.90 Å². The van der Waals surface area contributed by atoms with Crippen LogP contribution in [0.4, 0.5) is 30.2 Å². The first kappa shape index (κ1) is 26.0. The van der Waals surface area contributed by atoms with Gasteiger partial charge in [0.05, 0.1) is 29.0 Å². The van der Waals surface area contributed by atoms with E-state index >= 15 is 0 Å². The molecule has 0 bridgehead atoms. The van der Waals surface area contributed by atoms with Crippen LogP contribution in [-0.4, -0.2) is 60.5 Å². The number of hydrogen-bond donors (Lipinski definition) is 3. The number of carbonyl (C=O) groups is 3. The summed E-state index contributed by atoms with van der Waals surface area (Å²) in [4.78, 5) is 39.8. The quantitative estimate of drug-likeness (QED) is 0.544. The summed E-state index contributed by atoms with van der Waals surface area (Å²) in [5, 5.41) is 14.5. The number of carboxylic acids is 1. The predicted molar refractivity (Wildman–Crippen MR) is 126 cm³/mol. The first-order chi connectivity index (χ1) is 16.5. The van der Waals surface area contributed by atoms with Gasteiger partial charge in [-0.3, -0.25) is 14.5 Å². The average molecular weight is 492 g/mol. The molecule has 0 radical (unpaired) electrons. The molecule has 1 aliphatic heterocycles. The van der Waals surface area contributed by atoms with Crippen molar-refractivity contribution in [2.75, 3.05) is 48.3 Å². The molecular formula is C24H27F3N4O4. The number of para-hydroxylation sites is 1. The number of aromatic carboxylic acids is 1. The minimum atomic E-state index is -4.57. The molecule has 35 heavy (non-hydrogen) atoms. The normalized spacial score (nSPS) is 14.6. The molecule has 11 heteroatoms. The summed E-state index contributed by atoms with van der Waals surface area (Å²) in [6.45, 7) is 5.25. The smallest absolute Gasteiger partial charge is 0.418 e. The van der Waals surface area contributed by atoms with Gasteiger partial charge in [0.2, 0.25) is 11.8 Å². The molecule has 188 valence electrons. The van der Waals surface area contributed by atoms with Crippen molar-refractivity contribution in [2.24, 2.45) is 5.92 Å². The number of piperazine rings is 1. The Morgan fingerprint density at radius 1 is 0.971 bits per heavy atom. The Kier molecular flexibility index (Phi) is 8.00. The summed E-state index contributed by atoms with van der Waals surface area (Å²) in [5.74, 6) is -2.30. The van der Waals surface area contributed by atoms with Gasteiger partial charge in [-0.1, -0.05) is 26.0 Å². The largest absolute Gasteiger partial charge is 0.478 e. The van der Waals surface area contributed by atoms with Gasteiger partial charge in [-0.05, 0) is 30.3 Å². The molecule has 8 nitrogen and oxygen atoms in total. The zero-order valence-corrected chi connectivity index (χ0v) is 19.4. The van der Waals surface area contributed by atoms with Crippen LogP contribution >= 0.6 is 0 Å². The van der Waals surface area contributed by atoms with E-state index in [0.29, 0.717) is 31.9 Å². The highest BCUT2D eigenvalue weighted by Crippen LogP contribution is 2.34. The summed E-state index contributed by atoms with van der Waals surface area (Å²) in [6.07, 6.45) is -4.57. The van der Waals surface area contributed by atoms with E-state index in [2.05, 4.69) is 10.6 Å². The van der Waals surface area contributed by atoms with E-state index in [1.54, 1.807) is 26.0 Å². The molecule has 0 saturated carbocycles. The number of nitrogens with one attached hydrogen (secondary N) is 2. The summed E-state index contributed by atoms with van der Waals surface area (Å²) in [6, 6.07) is 9.59. The first-order valence-corrected chi connectivity index (χ1v) is 11.1. The maximum Gasteiger partial charge on any atom is 0.418 e.